The SMILES string of the molecule is Cc1ccc(C2=NN(C3=NC(=O)CS3)C(c3ccc(F)cc3)C2)cc1. The van der Waals surface area contributed by atoms with Gasteiger partial charge in [0.15, 0.2) is 5.17 Å². The number of rotatable bonds is 2. The van der Waals surface area contributed by atoms with E-state index < -0.39 is 0 Å². The molecule has 1 unspecified atom stereocenters. The normalized spacial score (nSPS) is 20.0. The summed E-state index contributed by atoms with van der Waals surface area (Å²) in [6.07, 6.45) is 0.683. The predicted octanol–water partition coefficient (Wildman–Crippen LogP) is 3.91. The Balaban J connectivity index is 1.71. The Morgan fingerprint density at radius 1 is 1.12 bits per heavy atom. The van der Waals surface area contributed by atoms with Crippen LogP contribution in [0, 0.1) is 12.7 Å². The molecular weight excluding hydrogens is 337 g/mol. The number of amides is 1. The van der Waals surface area contributed by atoms with Crippen LogP contribution in [0.5, 0.6) is 0 Å². The highest BCUT2D eigenvalue weighted by Crippen LogP contribution is 2.36. The van der Waals surface area contributed by atoms with Gasteiger partial charge in [0.25, 0.3) is 5.91 Å². The zero-order valence-corrected chi connectivity index (χ0v) is 14.5. The number of carbonyl (C=O) groups excluding carboxylic acids is 1. The van der Waals surface area contributed by atoms with Gasteiger partial charge in [-0.25, -0.2) is 9.40 Å². The monoisotopic (exact) mass is 353 g/mol. The number of benzene rings is 2. The van der Waals surface area contributed by atoms with E-state index in [1.165, 1.54) is 29.5 Å². The van der Waals surface area contributed by atoms with Crippen LogP contribution in [0.25, 0.3) is 0 Å². The van der Waals surface area contributed by atoms with E-state index in [9.17, 15) is 9.18 Å². The number of carbonyl (C=O) groups is 1. The number of amidine groups is 1. The number of aryl methyl sites for hydroxylation is 1. The molecule has 0 N–H and O–H groups in total. The van der Waals surface area contributed by atoms with Crippen LogP contribution >= 0.6 is 11.8 Å². The van der Waals surface area contributed by atoms with E-state index in [0.29, 0.717) is 17.3 Å². The Hall–Kier alpha value is -2.47. The van der Waals surface area contributed by atoms with Crippen LogP contribution < -0.4 is 0 Å². The summed E-state index contributed by atoms with van der Waals surface area (Å²) in [4.78, 5) is 15.6. The third-order valence-electron chi connectivity index (χ3n) is 4.29. The predicted molar refractivity (Wildman–Crippen MR) is 98.2 cm³/mol. The first-order chi connectivity index (χ1) is 12.1. The molecular formula is C19H16FN3OS. The Morgan fingerprint density at radius 2 is 1.84 bits per heavy atom. The zero-order valence-electron chi connectivity index (χ0n) is 13.6. The molecule has 1 atom stereocenters. The average Bonchev–Trinajstić information content (AvgIpc) is 3.23. The van der Waals surface area contributed by atoms with Crippen molar-refractivity contribution in [3.8, 4) is 0 Å². The number of halogens is 1. The van der Waals surface area contributed by atoms with E-state index in [1.807, 2.05) is 19.1 Å². The first-order valence-electron chi connectivity index (χ1n) is 8.04. The molecule has 2 aliphatic rings. The fourth-order valence-corrected chi connectivity index (χ4v) is 3.75. The van der Waals surface area contributed by atoms with Crippen molar-refractivity contribution < 1.29 is 9.18 Å². The maximum absolute atomic E-state index is 13.3. The molecule has 6 heteroatoms. The summed E-state index contributed by atoms with van der Waals surface area (Å²) in [5, 5.41) is 7.15. The standard InChI is InChI=1S/C19H16FN3OS/c1-12-2-4-13(5-3-12)16-10-17(14-6-8-15(20)9-7-14)23(22-16)19-21-18(24)11-25-19/h2-9,17H,10-11H2,1H3. The minimum atomic E-state index is -0.268. The lowest BCUT2D eigenvalue weighted by molar-refractivity contribution is -0.115. The molecule has 2 aliphatic heterocycles. The van der Waals surface area contributed by atoms with Crippen LogP contribution in [-0.4, -0.2) is 27.5 Å². The van der Waals surface area contributed by atoms with Gasteiger partial charge in [-0.15, -0.1) is 0 Å². The molecule has 0 aliphatic carbocycles. The average molecular weight is 353 g/mol. The Labute approximate surface area is 149 Å². The maximum atomic E-state index is 13.3. The second-order valence-electron chi connectivity index (χ2n) is 6.11. The second-order valence-corrected chi connectivity index (χ2v) is 7.05. The van der Waals surface area contributed by atoms with Gasteiger partial charge >= 0.3 is 0 Å². The molecule has 2 aromatic carbocycles. The molecule has 0 spiro atoms. The number of aliphatic imine (C=N–C) groups is 1. The van der Waals surface area contributed by atoms with Gasteiger partial charge in [-0.05, 0) is 30.2 Å². The molecule has 1 amide bonds. The third kappa shape index (κ3) is 3.22. The number of nitrogens with zero attached hydrogens (tertiary/aromatic N) is 3. The van der Waals surface area contributed by atoms with Gasteiger partial charge in [0.1, 0.15) is 5.82 Å². The third-order valence-corrected chi connectivity index (χ3v) is 5.22. The van der Waals surface area contributed by atoms with Crippen LogP contribution in [0.4, 0.5) is 4.39 Å². The number of hydrogen-bond donors (Lipinski definition) is 0. The van der Waals surface area contributed by atoms with E-state index in [1.54, 1.807) is 17.1 Å². The van der Waals surface area contributed by atoms with Crippen LogP contribution in [0.1, 0.15) is 29.2 Å². The Morgan fingerprint density at radius 3 is 2.48 bits per heavy atom. The summed E-state index contributed by atoms with van der Waals surface area (Å²) < 4.78 is 13.3. The van der Waals surface area contributed by atoms with Gasteiger partial charge < -0.3 is 0 Å². The molecule has 0 saturated carbocycles. The van der Waals surface area contributed by atoms with Gasteiger partial charge in [-0.1, -0.05) is 53.7 Å². The molecule has 2 aromatic rings. The van der Waals surface area contributed by atoms with Gasteiger partial charge in [-0.2, -0.15) is 10.1 Å². The maximum Gasteiger partial charge on any atom is 0.258 e. The molecule has 0 aromatic heterocycles. The van der Waals surface area contributed by atoms with Crippen LogP contribution in [0.2, 0.25) is 0 Å². The number of hydrogen-bond acceptors (Lipinski definition) is 4. The summed E-state index contributed by atoms with van der Waals surface area (Å²) in [6, 6.07) is 14.6. The number of hydrazone groups is 1. The van der Waals surface area contributed by atoms with Crippen molar-refractivity contribution in [3.05, 3.63) is 71.0 Å². The summed E-state index contributed by atoms with van der Waals surface area (Å²) in [6.45, 7) is 2.05. The lowest BCUT2D eigenvalue weighted by Crippen LogP contribution is -2.23. The summed E-state index contributed by atoms with van der Waals surface area (Å²) in [5.74, 6) is -0.0651. The molecule has 0 radical (unpaired) electrons. The lowest BCUT2D eigenvalue weighted by Gasteiger charge is -2.22. The largest absolute Gasteiger partial charge is 0.272 e. The van der Waals surface area contributed by atoms with Crippen molar-refractivity contribution in [1.82, 2.24) is 5.01 Å². The van der Waals surface area contributed by atoms with Gasteiger partial charge in [0.05, 0.1) is 17.5 Å². The van der Waals surface area contributed by atoms with Crippen molar-refractivity contribution >= 4 is 28.5 Å². The summed E-state index contributed by atoms with van der Waals surface area (Å²) in [7, 11) is 0. The van der Waals surface area contributed by atoms with Gasteiger partial charge in [0.2, 0.25) is 0 Å². The highest BCUT2D eigenvalue weighted by molar-refractivity contribution is 8.14. The van der Waals surface area contributed by atoms with Crippen molar-refractivity contribution in [2.24, 2.45) is 10.1 Å². The molecule has 126 valence electrons. The summed E-state index contributed by atoms with van der Waals surface area (Å²) in [5.41, 5.74) is 4.14. The minimum Gasteiger partial charge on any atom is -0.272 e. The lowest BCUT2D eigenvalue weighted by atomic mass is 9.98. The van der Waals surface area contributed by atoms with Crippen LogP contribution in [0.3, 0.4) is 0 Å². The molecule has 25 heavy (non-hydrogen) atoms. The molecule has 4 nitrogen and oxygen atoms in total. The topological polar surface area (TPSA) is 45.0 Å². The molecule has 0 bridgehead atoms. The Bertz CT molecular complexity index is 875. The first kappa shape index (κ1) is 16.0. The molecule has 2 heterocycles. The van der Waals surface area contributed by atoms with Crippen LogP contribution in [0.15, 0.2) is 58.6 Å². The highest BCUT2D eigenvalue weighted by Gasteiger charge is 2.34. The van der Waals surface area contributed by atoms with E-state index in [2.05, 4.69) is 17.1 Å². The smallest absolute Gasteiger partial charge is 0.258 e. The highest BCUT2D eigenvalue weighted by atomic mass is 32.2. The minimum absolute atomic E-state index is 0.0888. The van der Waals surface area contributed by atoms with E-state index in [0.717, 1.165) is 16.8 Å². The Kier molecular flexibility index (Phi) is 4.13. The second kappa shape index (κ2) is 6.44. The van der Waals surface area contributed by atoms with Crippen LogP contribution in [-0.2, 0) is 4.79 Å². The van der Waals surface area contributed by atoms with Crippen molar-refractivity contribution in [2.75, 3.05) is 5.75 Å². The van der Waals surface area contributed by atoms with E-state index in [4.69, 9.17) is 5.10 Å². The fraction of sp³-hybridized carbons (Fsp3) is 0.211. The first-order valence-corrected chi connectivity index (χ1v) is 9.02. The molecule has 4 rings (SSSR count). The molecule has 0 saturated heterocycles. The molecule has 0 fully saturated rings. The van der Waals surface area contributed by atoms with E-state index in [-0.39, 0.29) is 17.8 Å². The fourth-order valence-electron chi connectivity index (χ4n) is 2.97. The quantitative estimate of drug-likeness (QED) is 0.822. The van der Waals surface area contributed by atoms with Gasteiger partial charge in [-0.3, -0.25) is 4.79 Å². The van der Waals surface area contributed by atoms with Crippen molar-refractivity contribution in [3.63, 3.8) is 0 Å². The summed E-state index contributed by atoms with van der Waals surface area (Å²) >= 11 is 1.39. The van der Waals surface area contributed by atoms with Crippen molar-refractivity contribution in [2.45, 2.75) is 19.4 Å². The van der Waals surface area contributed by atoms with E-state index >= 15 is 0 Å². The van der Waals surface area contributed by atoms with Gasteiger partial charge in [0, 0.05) is 6.42 Å². The van der Waals surface area contributed by atoms with Crippen molar-refractivity contribution in [1.29, 1.82) is 0 Å². The zero-order chi connectivity index (χ0) is 17.4. The number of thioether (sulfide) groups is 1.